The van der Waals surface area contributed by atoms with Crippen molar-refractivity contribution < 1.29 is 51.3 Å². The minimum atomic E-state index is -5.85. The normalized spacial score (nSPS) is 13.5. The van der Waals surface area contributed by atoms with Gasteiger partial charge in [0, 0.05) is 0 Å². The molecule has 0 saturated carbocycles. The highest BCUT2D eigenvalue weighted by Gasteiger charge is 2.41. The van der Waals surface area contributed by atoms with E-state index in [0.29, 0.717) is 5.56 Å². The van der Waals surface area contributed by atoms with Gasteiger partial charge in [-0.1, -0.05) is 42.5 Å². The summed E-state index contributed by atoms with van der Waals surface area (Å²) in [7, 11) is -22.4. The molecule has 2 rings (SSSR count). The Morgan fingerprint density at radius 1 is 0.688 bits per heavy atom. The van der Waals surface area contributed by atoms with Crippen LogP contribution in [0.3, 0.4) is 0 Å². The Morgan fingerprint density at radius 3 is 1.62 bits per heavy atom. The summed E-state index contributed by atoms with van der Waals surface area (Å²) >= 11 is 0. The lowest BCUT2D eigenvalue weighted by Crippen LogP contribution is -2.24. The Bertz CT molecular complexity index is 1500. The van der Waals surface area contributed by atoms with Crippen molar-refractivity contribution in [2.75, 3.05) is 0 Å². The second-order valence-corrected chi connectivity index (χ2v) is 11.5. The molecule has 0 fully saturated rings. The molecule has 2 aromatic carbocycles. The van der Waals surface area contributed by atoms with Crippen molar-refractivity contribution in [2.45, 2.75) is 19.6 Å². The van der Waals surface area contributed by atoms with Gasteiger partial charge in [0.1, 0.15) is 19.6 Å². The Labute approximate surface area is 182 Å². The molecule has 14 nitrogen and oxygen atoms in total. The molecule has 0 spiro atoms. The zero-order valence-corrected chi connectivity index (χ0v) is 18.6. The first kappa shape index (κ1) is 26.0. The number of hydrogen-bond acceptors (Lipinski definition) is 12. The summed E-state index contributed by atoms with van der Waals surface area (Å²) in [6.07, 6.45) is 2.02. The molecule has 176 valence electrons. The third-order valence-corrected chi connectivity index (χ3v) is 8.29. The Hall–Kier alpha value is -2.26. The molecule has 0 heterocycles. The quantitative estimate of drug-likeness (QED) is 0.191. The van der Waals surface area contributed by atoms with Crippen molar-refractivity contribution in [1.29, 1.82) is 0 Å². The highest BCUT2D eigenvalue weighted by atomic mass is 32.2. The van der Waals surface area contributed by atoms with E-state index in [1.807, 2.05) is 0 Å². The van der Waals surface area contributed by atoms with E-state index in [-0.39, 0.29) is 6.07 Å². The summed E-state index contributed by atoms with van der Waals surface area (Å²) in [4.78, 5) is -7.26. The van der Waals surface area contributed by atoms with Crippen molar-refractivity contribution in [3.05, 3.63) is 47.5 Å². The molecule has 0 unspecified atom stereocenters. The zero-order valence-electron chi connectivity index (χ0n) is 15.4. The van der Waals surface area contributed by atoms with Crippen molar-refractivity contribution in [3.8, 4) is 0 Å². The Morgan fingerprint density at radius 2 is 1.19 bits per heavy atom. The fraction of sp³-hybridized carbons (Fsp3) is 0. The molecule has 6 N–H and O–H groups in total. The predicted molar refractivity (Wildman–Crippen MR) is 106 cm³/mol. The number of rotatable bonds is 8. The van der Waals surface area contributed by atoms with E-state index in [1.165, 1.54) is 18.2 Å². The maximum absolute atomic E-state index is 12.4. The molecule has 2 aromatic rings. The second kappa shape index (κ2) is 8.94. The SMILES string of the molecule is NOS(=O)(=O)c1c(C=Cc2ccccc2)cc(S(=O)(=O)O)c(S(=O)(=O)O)c1S(=O)(=O)ON. The summed E-state index contributed by atoms with van der Waals surface area (Å²) in [5.74, 6) is 9.31. The molecular formula is C14H14N2O12S4. The van der Waals surface area contributed by atoms with Crippen LogP contribution in [-0.4, -0.2) is 42.8 Å². The predicted octanol–water partition coefficient (Wildman–Crippen LogP) is -0.492. The molecule has 0 atom stereocenters. The lowest BCUT2D eigenvalue weighted by molar-refractivity contribution is 0.321. The van der Waals surface area contributed by atoms with Crippen LogP contribution < -0.4 is 11.8 Å². The summed E-state index contributed by atoms with van der Waals surface area (Å²) in [6, 6.07) is 8.07. The van der Waals surface area contributed by atoms with E-state index in [1.54, 1.807) is 18.2 Å². The summed E-state index contributed by atoms with van der Waals surface area (Å²) in [5.41, 5.74) is -0.439. The molecule has 18 heteroatoms. The van der Waals surface area contributed by atoms with E-state index in [9.17, 15) is 42.8 Å². The molecule has 0 aliphatic carbocycles. The van der Waals surface area contributed by atoms with Crippen LogP contribution >= 0.6 is 0 Å². The van der Waals surface area contributed by atoms with Gasteiger partial charge in [0.25, 0.3) is 20.2 Å². The van der Waals surface area contributed by atoms with Gasteiger partial charge in [0.15, 0.2) is 0 Å². The fourth-order valence-corrected chi connectivity index (χ4v) is 7.39. The van der Waals surface area contributed by atoms with Crippen LogP contribution in [0, 0.1) is 0 Å². The number of hydrogen-bond donors (Lipinski definition) is 4. The van der Waals surface area contributed by atoms with Crippen molar-refractivity contribution in [3.63, 3.8) is 0 Å². The Balaban J connectivity index is 3.26. The maximum atomic E-state index is 12.4. The van der Waals surface area contributed by atoms with Gasteiger partial charge >= 0.3 is 20.2 Å². The van der Waals surface area contributed by atoms with E-state index in [4.69, 9.17) is 5.90 Å². The molecule has 0 aliphatic rings. The van der Waals surface area contributed by atoms with Gasteiger partial charge in [0.05, 0.1) is 0 Å². The first-order chi connectivity index (χ1) is 14.6. The molecule has 0 radical (unpaired) electrons. The van der Waals surface area contributed by atoms with Crippen LogP contribution in [0.2, 0.25) is 0 Å². The minimum Gasteiger partial charge on any atom is -0.282 e. The zero-order chi connectivity index (χ0) is 24.5. The molecule has 0 aliphatic heterocycles. The molecule has 0 saturated heterocycles. The van der Waals surface area contributed by atoms with Crippen LogP contribution in [0.1, 0.15) is 11.1 Å². The number of nitrogens with two attached hydrogens (primary N) is 2. The third-order valence-electron chi connectivity index (χ3n) is 3.73. The largest absolute Gasteiger partial charge is 0.315 e. The van der Waals surface area contributed by atoms with Crippen LogP contribution in [-0.2, 0) is 49.0 Å². The summed E-state index contributed by atoms with van der Waals surface area (Å²) in [6.45, 7) is 0. The van der Waals surface area contributed by atoms with E-state index in [2.05, 4.69) is 14.5 Å². The first-order valence-electron chi connectivity index (χ1n) is 7.72. The second-order valence-electron chi connectivity index (χ2n) is 5.75. The monoisotopic (exact) mass is 530 g/mol. The van der Waals surface area contributed by atoms with E-state index >= 15 is 0 Å². The summed E-state index contributed by atoms with van der Waals surface area (Å²) in [5, 5.41) is 0. The first-order valence-corrected chi connectivity index (χ1v) is 13.4. The minimum absolute atomic E-state index is 0.263. The number of benzene rings is 2. The van der Waals surface area contributed by atoms with Gasteiger partial charge < -0.3 is 0 Å². The molecule has 32 heavy (non-hydrogen) atoms. The van der Waals surface area contributed by atoms with Gasteiger partial charge in [-0.05, 0) is 17.2 Å². The maximum Gasteiger partial charge on any atom is 0.315 e. The van der Waals surface area contributed by atoms with Gasteiger partial charge in [-0.15, -0.1) is 0 Å². The lowest BCUT2D eigenvalue weighted by Gasteiger charge is -2.16. The molecule has 0 aromatic heterocycles. The van der Waals surface area contributed by atoms with E-state index < -0.39 is 65.6 Å². The average molecular weight is 531 g/mol. The Kier molecular flexibility index (Phi) is 7.26. The molecule has 0 bridgehead atoms. The lowest BCUT2D eigenvalue weighted by atomic mass is 10.1. The third kappa shape index (κ3) is 5.38. The van der Waals surface area contributed by atoms with Gasteiger partial charge in [-0.2, -0.15) is 54.0 Å². The highest BCUT2D eigenvalue weighted by molar-refractivity contribution is 7.92. The topological polar surface area (TPSA) is 248 Å². The van der Waals surface area contributed by atoms with Gasteiger partial charge in [0.2, 0.25) is 0 Å². The fourth-order valence-electron chi connectivity index (χ4n) is 2.51. The smallest absolute Gasteiger partial charge is 0.282 e. The van der Waals surface area contributed by atoms with Gasteiger partial charge in [-0.3, -0.25) is 9.11 Å². The van der Waals surface area contributed by atoms with Crippen molar-refractivity contribution in [2.24, 2.45) is 11.8 Å². The standard InChI is InChI=1S/C14H14N2O12S4/c15-27-31(23,24)12-10(7-6-9-4-2-1-3-5-9)8-11(29(17,18)19)13(30(20,21)22)14(12)32(25,26)28-16/h1-8H,15-16H2,(H,17,18,19)(H,20,21,22). The van der Waals surface area contributed by atoms with Gasteiger partial charge in [-0.25, -0.2) is 0 Å². The van der Waals surface area contributed by atoms with Crippen LogP contribution in [0.15, 0.2) is 56.0 Å². The highest BCUT2D eigenvalue weighted by Crippen LogP contribution is 2.38. The van der Waals surface area contributed by atoms with Crippen molar-refractivity contribution >= 4 is 52.6 Å². The van der Waals surface area contributed by atoms with Crippen LogP contribution in [0.25, 0.3) is 12.2 Å². The summed E-state index contributed by atoms with van der Waals surface area (Å²) < 4.78 is 123. The van der Waals surface area contributed by atoms with Crippen LogP contribution in [0.5, 0.6) is 0 Å². The van der Waals surface area contributed by atoms with Crippen LogP contribution in [0.4, 0.5) is 0 Å². The van der Waals surface area contributed by atoms with Crippen molar-refractivity contribution in [1.82, 2.24) is 0 Å². The average Bonchev–Trinajstić information content (AvgIpc) is 2.70. The van der Waals surface area contributed by atoms with E-state index in [0.717, 1.165) is 6.08 Å². The molecule has 0 amide bonds. The molecular weight excluding hydrogens is 516 g/mol.